The van der Waals surface area contributed by atoms with Gasteiger partial charge in [0.2, 0.25) is 17.7 Å². The second kappa shape index (κ2) is 11.5. The summed E-state index contributed by atoms with van der Waals surface area (Å²) in [6.07, 6.45) is -4.60. The molecule has 0 aliphatic carbocycles. The molecular formula is C30H21ClF3N3O5S2. The number of fused-ring (bicyclic) bond motifs is 2. The highest BCUT2D eigenvalue weighted by molar-refractivity contribution is 8.00. The zero-order valence-corrected chi connectivity index (χ0v) is 25.0. The molecule has 44 heavy (non-hydrogen) atoms. The molecule has 6 rings (SSSR count). The van der Waals surface area contributed by atoms with Gasteiger partial charge in [0.15, 0.2) is 0 Å². The number of aromatic nitrogens is 1. The molecule has 0 unspecified atom stereocenters. The third-order valence-corrected chi connectivity index (χ3v) is 10.2. The first-order chi connectivity index (χ1) is 21.0. The number of imide groups is 1. The Labute approximate surface area is 261 Å². The lowest BCUT2D eigenvalue weighted by atomic mass is 9.83. The van der Waals surface area contributed by atoms with Gasteiger partial charge in [0.25, 0.3) is 0 Å². The highest BCUT2D eigenvalue weighted by atomic mass is 35.5. The van der Waals surface area contributed by atoms with Crippen molar-refractivity contribution in [3.8, 4) is 5.75 Å². The van der Waals surface area contributed by atoms with Crippen LogP contribution in [0.1, 0.15) is 21.9 Å². The number of ether oxygens (including phenoxy) is 1. The molecule has 2 aliphatic heterocycles. The van der Waals surface area contributed by atoms with Gasteiger partial charge >= 0.3 is 11.0 Å². The molecule has 0 spiro atoms. The standard InChI is InChI=1S/C30H21ClF3N3O5S2/c1-42-20-11-5-15(6-12-20)22-23-24(27(40)37(26(23)39)19-9-7-17(31)8-10-19)43-28-25(22)44-29(41)36(28)14-21(38)35-18-4-2-3-16(13-18)30(32,33)34/h2-13,22-24H,14H2,1H3,(H,35,38)/t22-,23+,24-/m0/s1. The van der Waals surface area contributed by atoms with E-state index in [-0.39, 0.29) is 5.69 Å². The molecular weight excluding hydrogens is 639 g/mol. The van der Waals surface area contributed by atoms with E-state index in [0.717, 1.165) is 40.1 Å². The summed E-state index contributed by atoms with van der Waals surface area (Å²) in [7, 11) is 1.51. The van der Waals surface area contributed by atoms with E-state index in [1.165, 1.54) is 23.8 Å². The number of methoxy groups -OCH3 is 1. The van der Waals surface area contributed by atoms with Gasteiger partial charge in [0.05, 0.1) is 29.3 Å². The monoisotopic (exact) mass is 659 g/mol. The summed E-state index contributed by atoms with van der Waals surface area (Å²) < 4.78 is 46.0. The van der Waals surface area contributed by atoms with Gasteiger partial charge in [-0.25, -0.2) is 4.90 Å². The number of carbonyl (C=O) groups is 3. The van der Waals surface area contributed by atoms with Crippen LogP contribution >= 0.6 is 34.7 Å². The molecule has 14 heteroatoms. The van der Waals surface area contributed by atoms with Crippen LogP contribution in [0.15, 0.2) is 82.6 Å². The van der Waals surface area contributed by atoms with Gasteiger partial charge < -0.3 is 10.1 Å². The third-order valence-electron chi connectivity index (χ3n) is 7.38. The Morgan fingerprint density at radius 1 is 1.00 bits per heavy atom. The molecule has 3 aromatic carbocycles. The van der Waals surface area contributed by atoms with Crippen molar-refractivity contribution in [1.29, 1.82) is 0 Å². The predicted octanol–water partition coefficient (Wildman–Crippen LogP) is 6.03. The number of thiazole rings is 1. The maximum absolute atomic E-state index is 13.9. The Morgan fingerprint density at radius 3 is 2.36 bits per heavy atom. The van der Waals surface area contributed by atoms with Crippen LogP contribution < -0.4 is 19.8 Å². The fourth-order valence-electron chi connectivity index (χ4n) is 5.39. The van der Waals surface area contributed by atoms with E-state index in [9.17, 15) is 32.3 Å². The first-order valence-electron chi connectivity index (χ1n) is 13.1. The molecule has 0 radical (unpaired) electrons. The fourth-order valence-corrected chi connectivity index (χ4v) is 8.29. The minimum absolute atomic E-state index is 0.0824. The topological polar surface area (TPSA) is 97.7 Å². The van der Waals surface area contributed by atoms with Gasteiger partial charge in [-0.05, 0) is 60.2 Å². The molecule has 3 atom stereocenters. The van der Waals surface area contributed by atoms with Crippen molar-refractivity contribution in [2.24, 2.45) is 5.92 Å². The van der Waals surface area contributed by atoms with Crippen LogP contribution in [-0.4, -0.2) is 34.6 Å². The van der Waals surface area contributed by atoms with Crippen LogP contribution in [0.25, 0.3) is 0 Å². The van der Waals surface area contributed by atoms with Crippen molar-refractivity contribution >= 4 is 63.8 Å². The molecule has 2 aliphatic rings. The zero-order chi connectivity index (χ0) is 31.3. The molecule has 3 amide bonds. The minimum atomic E-state index is -4.60. The normalized spacial score (nSPS) is 19.5. The van der Waals surface area contributed by atoms with Crippen LogP contribution in [0.4, 0.5) is 24.5 Å². The first-order valence-corrected chi connectivity index (χ1v) is 15.2. The predicted molar refractivity (Wildman–Crippen MR) is 161 cm³/mol. The number of thioether (sulfide) groups is 1. The summed E-state index contributed by atoms with van der Waals surface area (Å²) in [5.74, 6) is -2.61. The first kappa shape index (κ1) is 30.0. The third kappa shape index (κ3) is 5.39. The van der Waals surface area contributed by atoms with Crippen LogP contribution in [0.2, 0.25) is 5.02 Å². The number of rotatable bonds is 6. The number of halogens is 4. The average Bonchev–Trinajstić information content (AvgIpc) is 3.43. The van der Waals surface area contributed by atoms with E-state index in [0.29, 0.717) is 31.9 Å². The lowest BCUT2D eigenvalue weighted by Crippen LogP contribution is -2.33. The Balaban J connectivity index is 1.38. The van der Waals surface area contributed by atoms with Gasteiger partial charge in [-0.1, -0.05) is 52.9 Å². The molecule has 1 aromatic heterocycles. The number of anilines is 2. The summed E-state index contributed by atoms with van der Waals surface area (Å²) in [5, 5.41) is 2.29. The van der Waals surface area contributed by atoms with Crippen molar-refractivity contribution < 1.29 is 32.3 Å². The molecule has 0 saturated carbocycles. The Bertz CT molecular complexity index is 1840. The maximum Gasteiger partial charge on any atom is 0.416 e. The smallest absolute Gasteiger partial charge is 0.416 e. The number of benzene rings is 3. The van der Waals surface area contributed by atoms with Crippen molar-refractivity contribution in [2.75, 3.05) is 17.3 Å². The largest absolute Gasteiger partial charge is 0.497 e. The Hall–Kier alpha value is -4.07. The number of alkyl halides is 3. The number of carbonyl (C=O) groups excluding carboxylic acids is 3. The molecule has 1 saturated heterocycles. The second-order valence-electron chi connectivity index (χ2n) is 10.1. The number of amides is 3. The summed E-state index contributed by atoms with van der Waals surface area (Å²) >= 11 is 7.92. The molecule has 1 fully saturated rings. The number of hydrogen-bond acceptors (Lipinski definition) is 7. The van der Waals surface area contributed by atoms with Crippen molar-refractivity contribution in [2.45, 2.75) is 28.9 Å². The van der Waals surface area contributed by atoms with E-state index in [4.69, 9.17) is 16.3 Å². The van der Waals surface area contributed by atoms with Gasteiger partial charge in [0, 0.05) is 21.5 Å². The maximum atomic E-state index is 13.9. The molecule has 8 nitrogen and oxygen atoms in total. The van der Waals surface area contributed by atoms with Gasteiger partial charge in [-0.3, -0.25) is 23.7 Å². The number of nitrogens with one attached hydrogen (secondary N) is 1. The average molecular weight is 660 g/mol. The summed E-state index contributed by atoms with van der Waals surface area (Å²) in [5.41, 5.74) is 0.0114. The second-order valence-corrected chi connectivity index (χ2v) is 12.6. The minimum Gasteiger partial charge on any atom is -0.497 e. The molecule has 4 aromatic rings. The summed E-state index contributed by atoms with van der Waals surface area (Å²) in [6, 6.07) is 17.4. The lowest BCUT2D eigenvalue weighted by molar-refractivity contribution is -0.137. The zero-order valence-electron chi connectivity index (χ0n) is 22.6. The van der Waals surface area contributed by atoms with Gasteiger partial charge in [-0.2, -0.15) is 13.2 Å². The molecule has 0 bridgehead atoms. The van der Waals surface area contributed by atoms with Gasteiger partial charge in [-0.15, -0.1) is 0 Å². The van der Waals surface area contributed by atoms with E-state index >= 15 is 0 Å². The van der Waals surface area contributed by atoms with E-state index in [2.05, 4.69) is 5.32 Å². The Morgan fingerprint density at radius 2 is 1.70 bits per heavy atom. The van der Waals surface area contributed by atoms with Crippen LogP contribution in [0.5, 0.6) is 5.75 Å². The number of hydrogen-bond donors (Lipinski definition) is 1. The van der Waals surface area contributed by atoms with Crippen molar-refractivity contribution in [3.05, 3.63) is 103 Å². The van der Waals surface area contributed by atoms with E-state index in [1.807, 2.05) is 0 Å². The van der Waals surface area contributed by atoms with Crippen LogP contribution in [-0.2, 0) is 27.1 Å². The molecule has 3 heterocycles. The van der Waals surface area contributed by atoms with Crippen LogP contribution in [0.3, 0.4) is 0 Å². The quantitative estimate of drug-likeness (QED) is 0.254. The highest BCUT2D eigenvalue weighted by Gasteiger charge is 2.56. The fraction of sp³-hybridized carbons (Fsp3) is 0.200. The lowest BCUT2D eigenvalue weighted by Gasteiger charge is -2.30. The van der Waals surface area contributed by atoms with Crippen molar-refractivity contribution in [1.82, 2.24) is 4.57 Å². The summed E-state index contributed by atoms with van der Waals surface area (Å²) in [4.78, 5) is 55.1. The SMILES string of the molecule is COc1ccc([C@@H]2c3sc(=O)n(CC(=O)Nc4cccc(C(F)(F)F)c4)c3S[C@@H]3C(=O)N(c4ccc(Cl)cc4)C(=O)[C@H]23)cc1. The van der Waals surface area contributed by atoms with Crippen molar-refractivity contribution in [3.63, 3.8) is 0 Å². The summed E-state index contributed by atoms with van der Waals surface area (Å²) in [6.45, 7) is -0.510. The Kier molecular flexibility index (Phi) is 7.80. The highest BCUT2D eigenvalue weighted by Crippen LogP contribution is 2.54. The van der Waals surface area contributed by atoms with Crippen LogP contribution in [0, 0.1) is 5.92 Å². The van der Waals surface area contributed by atoms with E-state index < -0.39 is 58.0 Å². The molecule has 226 valence electrons. The number of nitrogens with zero attached hydrogens (tertiary/aromatic N) is 2. The molecule has 1 N–H and O–H groups in total. The van der Waals surface area contributed by atoms with E-state index in [1.54, 1.807) is 48.5 Å². The van der Waals surface area contributed by atoms with Gasteiger partial charge in [0.1, 0.15) is 17.5 Å².